The fourth-order valence-electron chi connectivity index (χ4n) is 2.17. The second kappa shape index (κ2) is 6.53. The Hall–Kier alpha value is -0.470. The van der Waals surface area contributed by atoms with Gasteiger partial charge < -0.3 is 9.84 Å². The quantitative estimate of drug-likeness (QED) is 0.886. The normalized spacial score (nSPS) is 17.9. The summed E-state index contributed by atoms with van der Waals surface area (Å²) in [6, 6.07) is 3.28. The minimum Gasteiger partial charge on any atom is -0.392 e. The van der Waals surface area contributed by atoms with Gasteiger partial charge in [-0.3, -0.25) is 0 Å². The minimum absolute atomic E-state index is 0.190. The molecule has 0 bridgehead atoms. The molecule has 1 aromatic rings. The van der Waals surface area contributed by atoms with E-state index < -0.39 is 10.0 Å². The van der Waals surface area contributed by atoms with Gasteiger partial charge in [0.15, 0.2) is 0 Å². The molecule has 0 aromatic heterocycles. The topological polar surface area (TPSA) is 66.8 Å². The predicted octanol–water partition coefficient (Wildman–Crippen LogP) is 1.66. The molecular formula is C13H18BrNO4S. The molecule has 5 nitrogen and oxygen atoms in total. The first-order valence-corrected chi connectivity index (χ1v) is 8.68. The molecule has 0 radical (unpaired) electrons. The SMILES string of the molecule is Cc1c(Br)cc(CO)cc1S(=O)(=O)N1CCCOCC1. The molecule has 1 saturated heterocycles. The summed E-state index contributed by atoms with van der Waals surface area (Å²) < 4.78 is 32.9. The van der Waals surface area contributed by atoms with Crippen LogP contribution in [-0.2, 0) is 21.4 Å². The zero-order chi connectivity index (χ0) is 14.8. The van der Waals surface area contributed by atoms with E-state index in [0.717, 1.165) is 0 Å². The van der Waals surface area contributed by atoms with Gasteiger partial charge in [-0.25, -0.2) is 8.42 Å². The third-order valence-corrected chi connectivity index (χ3v) is 6.19. The highest BCUT2D eigenvalue weighted by Gasteiger charge is 2.27. The number of rotatable bonds is 3. The fourth-order valence-corrected chi connectivity index (χ4v) is 4.57. The van der Waals surface area contributed by atoms with Crippen molar-refractivity contribution in [3.8, 4) is 0 Å². The summed E-state index contributed by atoms with van der Waals surface area (Å²) in [5.74, 6) is 0. The first kappa shape index (κ1) is 15.9. The summed E-state index contributed by atoms with van der Waals surface area (Å²) in [5.41, 5.74) is 1.24. The van der Waals surface area contributed by atoms with E-state index in [9.17, 15) is 13.5 Å². The zero-order valence-electron chi connectivity index (χ0n) is 11.3. The number of aliphatic hydroxyl groups excluding tert-OH is 1. The lowest BCUT2D eigenvalue weighted by Crippen LogP contribution is -2.33. The maximum Gasteiger partial charge on any atom is 0.243 e. The molecule has 1 fully saturated rings. The van der Waals surface area contributed by atoms with Crippen molar-refractivity contribution in [2.75, 3.05) is 26.3 Å². The second-order valence-electron chi connectivity index (χ2n) is 4.73. The molecule has 1 heterocycles. The molecule has 112 valence electrons. The number of aliphatic hydroxyl groups is 1. The Morgan fingerprint density at radius 1 is 1.35 bits per heavy atom. The maximum absolute atomic E-state index is 12.7. The van der Waals surface area contributed by atoms with Gasteiger partial charge >= 0.3 is 0 Å². The van der Waals surface area contributed by atoms with Crippen LogP contribution < -0.4 is 0 Å². The van der Waals surface area contributed by atoms with Crippen molar-refractivity contribution >= 4 is 26.0 Å². The molecule has 0 unspecified atom stereocenters. The molecule has 0 atom stereocenters. The number of hydrogen-bond acceptors (Lipinski definition) is 4. The molecule has 1 aliphatic heterocycles. The first-order valence-electron chi connectivity index (χ1n) is 6.44. The first-order chi connectivity index (χ1) is 9.46. The van der Waals surface area contributed by atoms with Crippen molar-refractivity contribution in [1.82, 2.24) is 4.31 Å². The lowest BCUT2D eigenvalue weighted by Gasteiger charge is -2.21. The van der Waals surface area contributed by atoms with Crippen LogP contribution in [0.5, 0.6) is 0 Å². The Morgan fingerprint density at radius 3 is 2.80 bits per heavy atom. The lowest BCUT2D eigenvalue weighted by molar-refractivity contribution is 0.148. The van der Waals surface area contributed by atoms with Crippen LogP contribution in [0.25, 0.3) is 0 Å². The Kier molecular flexibility index (Phi) is 5.19. The molecule has 1 aliphatic rings. The Balaban J connectivity index is 2.45. The largest absolute Gasteiger partial charge is 0.392 e. The van der Waals surface area contributed by atoms with Crippen molar-refractivity contribution in [1.29, 1.82) is 0 Å². The summed E-state index contributed by atoms with van der Waals surface area (Å²) in [5, 5.41) is 9.25. The molecule has 7 heteroatoms. The van der Waals surface area contributed by atoms with Crippen LogP contribution in [-0.4, -0.2) is 44.1 Å². The van der Waals surface area contributed by atoms with E-state index in [4.69, 9.17) is 4.74 Å². The van der Waals surface area contributed by atoms with Crippen molar-refractivity contribution < 1.29 is 18.3 Å². The lowest BCUT2D eigenvalue weighted by atomic mass is 10.2. The minimum atomic E-state index is -3.56. The Labute approximate surface area is 127 Å². The van der Waals surface area contributed by atoms with Gasteiger partial charge in [0.05, 0.1) is 18.1 Å². The predicted molar refractivity (Wildman–Crippen MR) is 79.0 cm³/mol. The number of ether oxygens (including phenoxy) is 1. The molecular weight excluding hydrogens is 346 g/mol. The summed E-state index contributed by atoms with van der Waals surface area (Å²) in [6.45, 7) is 3.40. The van der Waals surface area contributed by atoms with Crippen molar-refractivity contribution in [2.45, 2.75) is 24.8 Å². The average Bonchev–Trinajstić information content (AvgIpc) is 2.70. The van der Waals surface area contributed by atoms with Crippen LogP contribution in [0.3, 0.4) is 0 Å². The standard InChI is InChI=1S/C13H18BrNO4S/c1-10-12(14)7-11(9-16)8-13(10)20(17,18)15-3-2-5-19-6-4-15/h7-8,16H,2-6,9H2,1H3. The van der Waals surface area contributed by atoms with E-state index in [1.54, 1.807) is 19.1 Å². The summed E-state index contributed by atoms with van der Waals surface area (Å²) in [6.07, 6.45) is 0.694. The maximum atomic E-state index is 12.7. The van der Waals surface area contributed by atoms with Gasteiger partial charge in [-0.1, -0.05) is 15.9 Å². The third-order valence-electron chi connectivity index (χ3n) is 3.34. The average molecular weight is 364 g/mol. The Bertz CT molecular complexity index is 580. The van der Waals surface area contributed by atoms with Gasteiger partial charge in [-0.2, -0.15) is 4.31 Å². The molecule has 1 aromatic carbocycles. The molecule has 0 aliphatic carbocycles. The highest BCUT2D eigenvalue weighted by Crippen LogP contribution is 2.28. The molecule has 0 amide bonds. The zero-order valence-corrected chi connectivity index (χ0v) is 13.7. The third kappa shape index (κ3) is 3.23. The van der Waals surface area contributed by atoms with Crippen molar-refractivity contribution in [3.63, 3.8) is 0 Å². The summed E-state index contributed by atoms with van der Waals surface area (Å²) in [4.78, 5) is 0.248. The van der Waals surface area contributed by atoms with Gasteiger partial charge in [0.1, 0.15) is 0 Å². The van der Waals surface area contributed by atoms with E-state index in [2.05, 4.69) is 15.9 Å². The van der Waals surface area contributed by atoms with E-state index in [-0.39, 0.29) is 11.5 Å². The summed E-state index contributed by atoms with van der Waals surface area (Å²) >= 11 is 3.35. The van der Waals surface area contributed by atoms with Gasteiger partial charge in [0, 0.05) is 24.2 Å². The fraction of sp³-hybridized carbons (Fsp3) is 0.538. The van der Waals surface area contributed by atoms with Crippen LogP contribution in [0.2, 0.25) is 0 Å². The second-order valence-corrected chi connectivity index (χ2v) is 7.49. The van der Waals surface area contributed by atoms with E-state index >= 15 is 0 Å². The molecule has 0 spiro atoms. The molecule has 0 saturated carbocycles. The number of halogens is 1. The highest BCUT2D eigenvalue weighted by molar-refractivity contribution is 9.10. The van der Waals surface area contributed by atoms with Crippen molar-refractivity contribution in [2.24, 2.45) is 0 Å². The van der Waals surface area contributed by atoms with Gasteiger partial charge in [-0.05, 0) is 36.6 Å². The van der Waals surface area contributed by atoms with E-state index in [0.29, 0.717) is 48.3 Å². The van der Waals surface area contributed by atoms with E-state index in [1.165, 1.54) is 4.31 Å². The van der Waals surface area contributed by atoms with Gasteiger partial charge in [0.2, 0.25) is 10.0 Å². The molecule has 1 N–H and O–H groups in total. The molecule has 2 rings (SSSR count). The van der Waals surface area contributed by atoms with Crippen molar-refractivity contribution in [3.05, 3.63) is 27.7 Å². The monoisotopic (exact) mass is 363 g/mol. The van der Waals surface area contributed by atoms with E-state index in [1.807, 2.05) is 0 Å². The van der Waals surface area contributed by atoms with Crippen LogP contribution in [0.1, 0.15) is 17.5 Å². The van der Waals surface area contributed by atoms with Crippen LogP contribution >= 0.6 is 15.9 Å². The number of nitrogens with zero attached hydrogens (tertiary/aromatic N) is 1. The number of sulfonamides is 1. The highest BCUT2D eigenvalue weighted by atomic mass is 79.9. The summed E-state index contributed by atoms with van der Waals surface area (Å²) in [7, 11) is -3.56. The molecule has 20 heavy (non-hydrogen) atoms. The Morgan fingerprint density at radius 2 is 2.10 bits per heavy atom. The van der Waals surface area contributed by atoms with Gasteiger partial charge in [-0.15, -0.1) is 0 Å². The van der Waals surface area contributed by atoms with Crippen LogP contribution in [0.15, 0.2) is 21.5 Å². The van der Waals surface area contributed by atoms with Crippen LogP contribution in [0, 0.1) is 6.92 Å². The van der Waals surface area contributed by atoms with Crippen LogP contribution in [0.4, 0.5) is 0 Å². The number of benzene rings is 1. The van der Waals surface area contributed by atoms with Gasteiger partial charge in [0.25, 0.3) is 0 Å². The number of hydrogen-bond donors (Lipinski definition) is 1. The smallest absolute Gasteiger partial charge is 0.243 e.